The molecule has 0 aliphatic carbocycles. The fourth-order valence-corrected chi connectivity index (χ4v) is 3.85. The van der Waals surface area contributed by atoms with Crippen molar-refractivity contribution in [1.82, 2.24) is 9.78 Å². The number of aromatic nitrogens is 2. The van der Waals surface area contributed by atoms with Gasteiger partial charge in [0.25, 0.3) is 0 Å². The second kappa shape index (κ2) is 6.50. The molecule has 0 saturated heterocycles. The molecule has 0 unspecified atom stereocenters. The number of thiophene rings is 1. The van der Waals surface area contributed by atoms with Crippen LogP contribution in [0.15, 0.2) is 22.8 Å². The lowest BCUT2D eigenvalue weighted by atomic mass is 10.2. The number of hydrogen-bond donors (Lipinski definition) is 0. The Bertz CT molecular complexity index is 655. The quantitative estimate of drug-likeness (QED) is 0.590. The average Bonchev–Trinajstić information content (AvgIpc) is 2.91. The Morgan fingerprint density at radius 3 is 2.90 bits per heavy atom. The van der Waals surface area contributed by atoms with Crippen LogP contribution in [0, 0.1) is 6.92 Å². The molecule has 0 bridgehead atoms. The van der Waals surface area contributed by atoms with E-state index in [0.717, 1.165) is 33.4 Å². The molecule has 2 rings (SSSR count). The Balaban J connectivity index is 2.15. The van der Waals surface area contributed by atoms with Gasteiger partial charge >= 0.3 is 0 Å². The summed E-state index contributed by atoms with van der Waals surface area (Å²) in [5.74, 6) is 0.0429. The van der Waals surface area contributed by atoms with Gasteiger partial charge in [-0.1, -0.05) is 13.3 Å². The van der Waals surface area contributed by atoms with Crippen molar-refractivity contribution in [1.29, 1.82) is 0 Å². The van der Waals surface area contributed by atoms with E-state index in [1.165, 1.54) is 4.88 Å². The molecule has 2 aromatic rings. The van der Waals surface area contributed by atoms with E-state index in [9.17, 15) is 4.79 Å². The van der Waals surface area contributed by atoms with E-state index in [1.807, 2.05) is 32.3 Å². The fraction of sp³-hybridized carbons (Fsp3) is 0.333. The van der Waals surface area contributed by atoms with Gasteiger partial charge in [0.2, 0.25) is 0 Å². The minimum absolute atomic E-state index is 0.0429. The zero-order chi connectivity index (χ0) is 14.7. The van der Waals surface area contributed by atoms with Gasteiger partial charge in [-0.2, -0.15) is 5.10 Å². The maximum atomic E-state index is 12.2. The van der Waals surface area contributed by atoms with E-state index in [4.69, 9.17) is 0 Å². The van der Waals surface area contributed by atoms with Gasteiger partial charge in [-0.05, 0) is 47.5 Å². The van der Waals surface area contributed by atoms with Gasteiger partial charge in [-0.3, -0.25) is 9.48 Å². The van der Waals surface area contributed by atoms with Gasteiger partial charge in [0, 0.05) is 28.2 Å². The molecule has 0 spiro atoms. The minimum Gasteiger partial charge on any atom is -0.288 e. The highest BCUT2D eigenvalue weighted by atomic mass is 79.9. The standard InChI is InChI=1S/C15H17BrN2OS/c1-4-5-14-12(16)8-15(20-14)13(19)7-6-11-9-18(3)17-10(11)2/h6-9H,4-5H2,1-3H3/b7-6+. The summed E-state index contributed by atoms with van der Waals surface area (Å²) < 4.78 is 2.79. The van der Waals surface area contributed by atoms with Crippen LogP contribution in [0.25, 0.3) is 6.08 Å². The molecule has 0 atom stereocenters. The number of halogens is 1. The van der Waals surface area contributed by atoms with Gasteiger partial charge in [0.05, 0.1) is 10.6 Å². The third kappa shape index (κ3) is 3.46. The summed E-state index contributed by atoms with van der Waals surface area (Å²) in [4.78, 5) is 14.2. The molecule has 2 heterocycles. The van der Waals surface area contributed by atoms with Crippen LogP contribution >= 0.6 is 27.3 Å². The van der Waals surface area contributed by atoms with Crippen molar-refractivity contribution in [3.63, 3.8) is 0 Å². The Labute approximate surface area is 131 Å². The molecule has 2 aromatic heterocycles. The first kappa shape index (κ1) is 15.2. The third-order valence-corrected chi connectivity index (χ3v) is 5.12. The minimum atomic E-state index is 0.0429. The molecule has 20 heavy (non-hydrogen) atoms. The van der Waals surface area contributed by atoms with Crippen LogP contribution in [0.4, 0.5) is 0 Å². The Morgan fingerprint density at radius 2 is 2.30 bits per heavy atom. The number of ketones is 1. The zero-order valence-corrected chi connectivity index (χ0v) is 14.2. The molecule has 0 radical (unpaired) electrons. The largest absolute Gasteiger partial charge is 0.288 e. The molecular formula is C15H17BrN2OS. The van der Waals surface area contributed by atoms with Crippen molar-refractivity contribution in [3.05, 3.63) is 43.8 Å². The molecule has 0 amide bonds. The van der Waals surface area contributed by atoms with E-state index in [1.54, 1.807) is 22.1 Å². The number of rotatable bonds is 5. The normalized spacial score (nSPS) is 11.4. The molecule has 0 aliphatic rings. The van der Waals surface area contributed by atoms with Gasteiger partial charge in [-0.25, -0.2) is 0 Å². The molecule has 5 heteroatoms. The first-order valence-electron chi connectivity index (χ1n) is 6.52. The van der Waals surface area contributed by atoms with Crippen LogP contribution < -0.4 is 0 Å². The lowest BCUT2D eigenvalue weighted by Gasteiger charge is -1.92. The SMILES string of the molecule is CCCc1sc(C(=O)/C=C/c2cn(C)nc2C)cc1Br. The van der Waals surface area contributed by atoms with Crippen molar-refractivity contribution in [2.45, 2.75) is 26.7 Å². The van der Waals surface area contributed by atoms with E-state index in [-0.39, 0.29) is 5.78 Å². The number of carbonyl (C=O) groups is 1. The van der Waals surface area contributed by atoms with Crippen molar-refractivity contribution in [2.75, 3.05) is 0 Å². The molecular weight excluding hydrogens is 336 g/mol. The molecule has 0 N–H and O–H groups in total. The maximum Gasteiger partial charge on any atom is 0.195 e. The number of hydrogen-bond acceptors (Lipinski definition) is 3. The van der Waals surface area contributed by atoms with Crippen molar-refractivity contribution in [3.8, 4) is 0 Å². The topological polar surface area (TPSA) is 34.9 Å². The van der Waals surface area contributed by atoms with Crippen LogP contribution in [-0.2, 0) is 13.5 Å². The smallest absolute Gasteiger partial charge is 0.195 e. The Hall–Kier alpha value is -1.20. The highest BCUT2D eigenvalue weighted by Gasteiger charge is 2.11. The Kier molecular flexibility index (Phi) is 4.94. The van der Waals surface area contributed by atoms with Gasteiger partial charge in [0.1, 0.15) is 0 Å². The summed E-state index contributed by atoms with van der Waals surface area (Å²) >= 11 is 5.09. The highest BCUT2D eigenvalue weighted by molar-refractivity contribution is 9.10. The van der Waals surface area contributed by atoms with Crippen molar-refractivity contribution < 1.29 is 4.79 Å². The molecule has 106 valence electrons. The lowest BCUT2D eigenvalue weighted by Crippen LogP contribution is -1.89. The van der Waals surface area contributed by atoms with Crippen molar-refractivity contribution >= 4 is 39.1 Å². The maximum absolute atomic E-state index is 12.2. The van der Waals surface area contributed by atoms with Crippen molar-refractivity contribution in [2.24, 2.45) is 7.05 Å². The Morgan fingerprint density at radius 1 is 1.55 bits per heavy atom. The molecule has 3 nitrogen and oxygen atoms in total. The summed E-state index contributed by atoms with van der Waals surface area (Å²) in [6.07, 6.45) is 7.45. The average molecular weight is 353 g/mol. The van der Waals surface area contributed by atoms with E-state index in [0.29, 0.717) is 0 Å². The number of aryl methyl sites for hydroxylation is 3. The molecule has 0 aliphatic heterocycles. The predicted octanol–water partition coefficient (Wildman–Crippen LogP) is 4.40. The number of carbonyl (C=O) groups excluding carboxylic acids is 1. The lowest BCUT2D eigenvalue weighted by molar-refractivity contribution is 0.105. The summed E-state index contributed by atoms with van der Waals surface area (Å²) in [6, 6.07) is 1.92. The highest BCUT2D eigenvalue weighted by Crippen LogP contribution is 2.29. The van der Waals surface area contributed by atoms with E-state index in [2.05, 4.69) is 28.0 Å². The molecule has 0 saturated carbocycles. The van der Waals surface area contributed by atoms with Crippen LogP contribution in [0.2, 0.25) is 0 Å². The second-order valence-corrected chi connectivity index (χ2v) is 6.66. The van der Waals surface area contributed by atoms with Gasteiger partial charge in [0.15, 0.2) is 5.78 Å². The summed E-state index contributed by atoms with van der Waals surface area (Å²) in [7, 11) is 1.87. The van der Waals surface area contributed by atoms with E-state index < -0.39 is 0 Å². The van der Waals surface area contributed by atoms with Crippen LogP contribution in [0.1, 0.15) is 39.2 Å². The monoisotopic (exact) mass is 352 g/mol. The van der Waals surface area contributed by atoms with Crippen LogP contribution in [0.3, 0.4) is 0 Å². The van der Waals surface area contributed by atoms with Crippen LogP contribution in [0.5, 0.6) is 0 Å². The van der Waals surface area contributed by atoms with Gasteiger partial charge < -0.3 is 0 Å². The van der Waals surface area contributed by atoms with Gasteiger partial charge in [-0.15, -0.1) is 11.3 Å². The first-order chi connectivity index (χ1) is 9.51. The first-order valence-corrected chi connectivity index (χ1v) is 8.13. The van der Waals surface area contributed by atoms with E-state index >= 15 is 0 Å². The predicted molar refractivity (Wildman–Crippen MR) is 87.3 cm³/mol. The third-order valence-electron chi connectivity index (χ3n) is 2.94. The second-order valence-electron chi connectivity index (χ2n) is 4.67. The van der Waals surface area contributed by atoms with Crippen LogP contribution in [-0.4, -0.2) is 15.6 Å². The number of allylic oxidation sites excluding steroid dienone is 1. The summed E-state index contributed by atoms with van der Waals surface area (Å²) in [6.45, 7) is 4.07. The molecule has 0 fully saturated rings. The number of nitrogens with zero attached hydrogens (tertiary/aromatic N) is 2. The summed E-state index contributed by atoms with van der Waals surface area (Å²) in [5, 5.41) is 4.25. The molecule has 0 aromatic carbocycles. The zero-order valence-electron chi connectivity index (χ0n) is 11.8. The summed E-state index contributed by atoms with van der Waals surface area (Å²) in [5.41, 5.74) is 1.90. The fourth-order valence-electron chi connectivity index (χ4n) is 1.95.